The molecule has 0 unspecified atom stereocenters. The lowest BCUT2D eigenvalue weighted by molar-refractivity contribution is -0.143. The lowest BCUT2D eigenvalue weighted by atomic mass is 10.0. The van der Waals surface area contributed by atoms with Gasteiger partial charge in [0.15, 0.2) is 5.69 Å². The fraction of sp³-hybridized carbons (Fsp3) is 0.308. The summed E-state index contributed by atoms with van der Waals surface area (Å²) in [5.74, 6) is -0.223. The van der Waals surface area contributed by atoms with E-state index in [1.54, 1.807) is 44.2 Å². The summed E-state index contributed by atoms with van der Waals surface area (Å²) in [4.78, 5) is 0. The number of aromatic nitrogens is 2. The molecule has 0 aliphatic carbocycles. The van der Waals surface area contributed by atoms with Gasteiger partial charge in [0.1, 0.15) is 0 Å². The van der Waals surface area contributed by atoms with Crippen LogP contribution in [0.2, 0.25) is 0 Å². The monoisotopic (exact) mass is 254 g/mol. The number of halogens is 3. The molecule has 0 N–H and O–H groups in total. The van der Waals surface area contributed by atoms with Crippen LogP contribution in [0, 0.1) is 0 Å². The molecule has 1 heterocycles. The molecular formula is C13H13F3N2. The number of rotatable bonds is 2. The fourth-order valence-corrected chi connectivity index (χ4v) is 1.83. The van der Waals surface area contributed by atoms with Crippen molar-refractivity contribution in [3.63, 3.8) is 0 Å². The highest BCUT2D eigenvalue weighted by Crippen LogP contribution is 2.36. The topological polar surface area (TPSA) is 17.8 Å². The molecule has 1 aromatic heterocycles. The van der Waals surface area contributed by atoms with Crippen LogP contribution >= 0.6 is 0 Å². The Kier molecular flexibility index (Phi) is 3.15. The van der Waals surface area contributed by atoms with Gasteiger partial charge in [-0.3, -0.25) is 0 Å². The van der Waals surface area contributed by atoms with E-state index in [-0.39, 0.29) is 11.5 Å². The van der Waals surface area contributed by atoms with Gasteiger partial charge < -0.3 is 0 Å². The zero-order valence-corrected chi connectivity index (χ0v) is 10.1. The van der Waals surface area contributed by atoms with Gasteiger partial charge in [-0.2, -0.15) is 18.3 Å². The van der Waals surface area contributed by atoms with Crippen LogP contribution in [0.1, 0.15) is 31.0 Å². The van der Waals surface area contributed by atoms with Crippen molar-refractivity contribution in [2.45, 2.75) is 25.9 Å². The average Bonchev–Trinajstić information content (AvgIpc) is 2.74. The molecule has 18 heavy (non-hydrogen) atoms. The van der Waals surface area contributed by atoms with Crippen molar-refractivity contribution in [1.29, 1.82) is 0 Å². The maximum atomic E-state index is 13.1. The predicted octanol–water partition coefficient (Wildman–Crippen LogP) is 4.01. The second-order valence-corrected chi connectivity index (χ2v) is 4.35. The summed E-state index contributed by atoms with van der Waals surface area (Å²) < 4.78 is 40.3. The minimum absolute atomic E-state index is 0.214. The largest absolute Gasteiger partial charge is 0.433 e. The van der Waals surface area contributed by atoms with E-state index in [0.29, 0.717) is 5.69 Å². The predicted molar refractivity (Wildman–Crippen MR) is 62.7 cm³/mol. The third-order valence-electron chi connectivity index (χ3n) is 2.69. The van der Waals surface area contributed by atoms with Gasteiger partial charge in [0.2, 0.25) is 0 Å². The molecule has 0 saturated carbocycles. The van der Waals surface area contributed by atoms with E-state index in [0.717, 1.165) is 4.68 Å². The van der Waals surface area contributed by atoms with Crippen molar-refractivity contribution < 1.29 is 13.2 Å². The molecule has 0 radical (unpaired) electrons. The second kappa shape index (κ2) is 4.48. The zero-order chi connectivity index (χ0) is 13.3. The molecule has 2 nitrogen and oxygen atoms in total. The molecule has 2 rings (SSSR count). The first-order valence-electron chi connectivity index (χ1n) is 5.62. The van der Waals surface area contributed by atoms with Crippen molar-refractivity contribution in [2.75, 3.05) is 0 Å². The molecule has 0 aliphatic heterocycles. The molecule has 0 fully saturated rings. The van der Waals surface area contributed by atoms with Crippen LogP contribution in [0.5, 0.6) is 0 Å². The summed E-state index contributed by atoms with van der Waals surface area (Å²) in [7, 11) is 0. The minimum Gasteiger partial charge on any atom is -0.228 e. The van der Waals surface area contributed by atoms with Gasteiger partial charge in [-0.1, -0.05) is 32.0 Å². The van der Waals surface area contributed by atoms with E-state index in [9.17, 15) is 13.2 Å². The van der Waals surface area contributed by atoms with Crippen molar-refractivity contribution in [1.82, 2.24) is 9.78 Å². The van der Waals surface area contributed by atoms with E-state index in [2.05, 4.69) is 5.10 Å². The van der Waals surface area contributed by atoms with Gasteiger partial charge >= 0.3 is 6.18 Å². The Hall–Kier alpha value is -1.78. The second-order valence-electron chi connectivity index (χ2n) is 4.35. The van der Waals surface area contributed by atoms with Crippen LogP contribution in [-0.2, 0) is 6.18 Å². The molecule has 2 aromatic rings. The first kappa shape index (κ1) is 12.7. The Morgan fingerprint density at radius 3 is 2.22 bits per heavy atom. The van der Waals surface area contributed by atoms with E-state index < -0.39 is 11.9 Å². The van der Waals surface area contributed by atoms with E-state index in [1.807, 2.05) is 0 Å². The quantitative estimate of drug-likeness (QED) is 0.791. The molecule has 96 valence electrons. The maximum Gasteiger partial charge on any atom is 0.433 e. The number of nitrogens with zero attached hydrogens (tertiary/aromatic N) is 2. The van der Waals surface area contributed by atoms with Crippen LogP contribution in [0.3, 0.4) is 0 Å². The molecule has 0 bridgehead atoms. The molecule has 0 amide bonds. The Balaban J connectivity index is 2.63. The fourth-order valence-electron chi connectivity index (χ4n) is 1.83. The molecule has 0 spiro atoms. The van der Waals surface area contributed by atoms with Crippen LogP contribution in [0.25, 0.3) is 5.69 Å². The van der Waals surface area contributed by atoms with Crippen LogP contribution in [0.4, 0.5) is 13.2 Å². The van der Waals surface area contributed by atoms with Gasteiger partial charge in [-0.15, -0.1) is 0 Å². The number of benzene rings is 1. The van der Waals surface area contributed by atoms with Gasteiger partial charge in [-0.05, 0) is 18.1 Å². The Bertz CT molecular complexity index is 527. The van der Waals surface area contributed by atoms with Gasteiger partial charge in [0, 0.05) is 5.56 Å². The minimum atomic E-state index is -4.41. The maximum absolute atomic E-state index is 13.1. The third-order valence-corrected chi connectivity index (χ3v) is 2.69. The lowest BCUT2D eigenvalue weighted by Crippen LogP contribution is -2.15. The average molecular weight is 254 g/mol. The summed E-state index contributed by atoms with van der Waals surface area (Å²) in [6.45, 7) is 3.45. The van der Waals surface area contributed by atoms with Crippen molar-refractivity contribution in [3.8, 4) is 5.69 Å². The first-order chi connectivity index (χ1) is 8.41. The third kappa shape index (κ3) is 2.25. The summed E-state index contributed by atoms with van der Waals surface area (Å²) in [5.41, 5.74) is -0.0632. The van der Waals surface area contributed by atoms with Gasteiger partial charge in [-0.25, -0.2) is 4.68 Å². The molecule has 5 heteroatoms. The Morgan fingerprint density at radius 1 is 1.11 bits per heavy atom. The number of para-hydroxylation sites is 1. The highest BCUT2D eigenvalue weighted by Gasteiger charge is 2.39. The Morgan fingerprint density at radius 2 is 1.72 bits per heavy atom. The first-order valence-corrected chi connectivity index (χ1v) is 5.62. The summed E-state index contributed by atoms with van der Waals surface area (Å²) in [5, 5.41) is 3.87. The summed E-state index contributed by atoms with van der Waals surface area (Å²) >= 11 is 0. The molecule has 0 atom stereocenters. The molecule has 1 aromatic carbocycles. The van der Waals surface area contributed by atoms with E-state index in [4.69, 9.17) is 0 Å². The van der Waals surface area contributed by atoms with Crippen LogP contribution < -0.4 is 0 Å². The summed E-state index contributed by atoms with van der Waals surface area (Å²) in [6, 6.07) is 8.33. The van der Waals surface area contributed by atoms with E-state index >= 15 is 0 Å². The number of hydrogen-bond acceptors (Lipinski definition) is 1. The SMILES string of the molecule is CC(C)c1cnn(-c2ccccc2)c1C(F)(F)F. The molecular weight excluding hydrogens is 241 g/mol. The normalized spacial score (nSPS) is 12.1. The smallest absolute Gasteiger partial charge is 0.228 e. The molecule has 0 aliphatic rings. The highest BCUT2D eigenvalue weighted by atomic mass is 19.4. The standard InChI is InChI=1S/C13H13F3N2/c1-9(2)11-8-17-18(12(11)13(14,15)16)10-6-4-3-5-7-10/h3-9H,1-2H3. The van der Waals surface area contributed by atoms with Gasteiger partial charge in [0.25, 0.3) is 0 Å². The van der Waals surface area contributed by atoms with Crippen molar-refractivity contribution >= 4 is 0 Å². The number of hydrogen-bond donors (Lipinski definition) is 0. The lowest BCUT2D eigenvalue weighted by Gasteiger charge is -2.14. The van der Waals surface area contributed by atoms with Crippen molar-refractivity contribution in [2.24, 2.45) is 0 Å². The van der Waals surface area contributed by atoms with E-state index in [1.165, 1.54) is 6.20 Å². The zero-order valence-electron chi connectivity index (χ0n) is 10.1. The van der Waals surface area contributed by atoms with Crippen molar-refractivity contribution in [3.05, 3.63) is 47.8 Å². The van der Waals surface area contributed by atoms with Crippen LogP contribution in [-0.4, -0.2) is 9.78 Å². The summed E-state index contributed by atoms with van der Waals surface area (Å²) in [6.07, 6.45) is -3.12. The number of alkyl halides is 3. The highest BCUT2D eigenvalue weighted by molar-refractivity contribution is 5.37. The van der Waals surface area contributed by atoms with Gasteiger partial charge in [0.05, 0.1) is 11.9 Å². The molecule has 0 saturated heterocycles. The van der Waals surface area contributed by atoms with Crippen LogP contribution in [0.15, 0.2) is 36.5 Å². The Labute approximate surface area is 103 Å².